The molecule has 1 aromatic heterocycles. The van der Waals surface area contributed by atoms with Crippen molar-refractivity contribution in [3.05, 3.63) is 42.0 Å². The number of anilines is 1. The monoisotopic (exact) mass is 375 g/mol. The quantitative estimate of drug-likeness (QED) is 0.609. The van der Waals surface area contributed by atoms with E-state index in [4.69, 9.17) is 4.74 Å². The number of oxime groups is 1. The van der Waals surface area contributed by atoms with E-state index in [0.717, 1.165) is 0 Å². The van der Waals surface area contributed by atoms with Crippen LogP contribution < -0.4 is 10.2 Å². The summed E-state index contributed by atoms with van der Waals surface area (Å²) in [4.78, 5) is 28.9. The first kappa shape index (κ1) is 18.4. The van der Waals surface area contributed by atoms with Gasteiger partial charge < -0.3 is 14.9 Å². The molecule has 1 atom stereocenters. The van der Waals surface area contributed by atoms with E-state index >= 15 is 0 Å². The zero-order valence-corrected chi connectivity index (χ0v) is 14.8. The molecule has 2 amide bonds. The van der Waals surface area contributed by atoms with E-state index < -0.39 is 18.0 Å². The summed E-state index contributed by atoms with van der Waals surface area (Å²) in [5.74, 6) is -0.766. The van der Waals surface area contributed by atoms with Gasteiger partial charge in [0.25, 0.3) is 0 Å². The lowest BCUT2D eigenvalue weighted by Gasteiger charge is -2.14. The molecule has 1 N–H and O–H groups in total. The molecule has 9 nitrogen and oxygen atoms in total. The van der Waals surface area contributed by atoms with Crippen LogP contribution in [0, 0.1) is 5.82 Å². The second-order valence-electron chi connectivity index (χ2n) is 5.82. The molecule has 1 aromatic carbocycles. The van der Waals surface area contributed by atoms with Crippen LogP contribution in [0.3, 0.4) is 0 Å². The summed E-state index contributed by atoms with van der Waals surface area (Å²) in [6.45, 7) is 1.80. The van der Waals surface area contributed by atoms with Crippen LogP contribution in [0.15, 0.2) is 35.7 Å². The molecule has 0 unspecified atom stereocenters. The minimum atomic E-state index is -0.588. The molecule has 0 aliphatic carbocycles. The number of aromatic nitrogens is 2. The van der Waals surface area contributed by atoms with Gasteiger partial charge in [-0.25, -0.2) is 13.9 Å². The Morgan fingerprint density at radius 2 is 2.37 bits per heavy atom. The normalized spacial score (nSPS) is 16.6. The van der Waals surface area contributed by atoms with Crippen LogP contribution in [0.25, 0.3) is 5.69 Å². The molecule has 1 fully saturated rings. The molecule has 2 heterocycles. The van der Waals surface area contributed by atoms with Crippen molar-refractivity contribution in [2.75, 3.05) is 25.1 Å². The zero-order chi connectivity index (χ0) is 19.4. The molecule has 0 radical (unpaired) electrons. The van der Waals surface area contributed by atoms with E-state index in [1.807, 2.05) is 0 Å². The highest BCUT2D eigenvalue weighted by molar-refractivity contribution is 5.90. The molecule has 1 saturated heterocycles. The van der Waals surface area contributed by atoms with Gasteiger partial charge in [0.1, 0.15) is 18.9 Å². The Kier molecular flexibility index (Phi) is 5.34. The maximum Gasteiger partial charge on any atom is 0.414 e. The number of cyclic esters (lactones) is 1. The minimum Gasteiger partial charge on any atom is -0.442 e. The summed E-state index contributed by atoms with van der Waals surface area (Å²) >= 11 is 0. The number of ether oxygens (including phenoxy) is 1. The summed E-state index contributed by atoms with van der Waals surface area (Å²) in [5.41, 5.74) is 1.22. The molecule has 0 spiro atoms. The van der Waals surface area contributed by atoms with E-state index in [0.29, 0.717) is 11.3 Å². The van der Waals surface area contributed by atoms with Gasteiger partial charge >= 0.3 is 6.09 Å². The standard InChI is InChI=1S/C17H18FN5O4/c1-11(24)19-8-14-10-22(17(25)27-14)13-3-4-16(15(18)5-13)23-9-12(6-20-23)7-21-26-2/h3-7,9,14H,8,10H2,1-2H3,(H,19,24)/t14-/m0/s1. The predicted molar refractivity (Wildman–Crippen MR) is 94.4 cm³/mol. The van der Waals surface area contributed by atoms with Gasteiger partial charge in [0.05, 0.1) is 31.2 Å². The molecule has 1 aliphatic rings. The van der Waals surface area contributed by atoms with E-state index in [2.05, 4.69) is 20.4 Å². The number of hydrogen-bond donors (Lipinski definition) is 1. The maximum atomic E-state index is 14.6. The lowest BCUT2D eigenvalue weighted by molar-refractivity contribution is -0.119. The Morgan fingerprint density at radius 3 is 3.07 bits per heavy atom. The first-order valence-electron chi connectivity index (χ1n) is 8.11. The predicted octanol–water partition coefficient (Wildman–Crippen LogP) is 1.45. The number of carbonyl (C=O) groups is 2. The van der Waals surface area contributed by atoms with Crippen molar-refractivity contribution >= 4 is 23.9 Å². The third-order valence-electron chi connectivity index (χ3n) is 3.85. The van der Waals surface area contributed by atoms with Crippen molar-refractivity contribution in [2.45, 2.75) is 13.0 Å². The number of rotatable bonds is 6. The van der Waals surface area contributed by atoms with Gasteiger partial charge in [-0.05, 0) is 18.2 Å². The topological polar surface area (TPSA) is 98.1 Å². The van der Waals surface area contributed by atoms with Crippen molar-refractivity contribution in [1.29, 1.82) is 0 Å². The highest BCUT2D eigenvalue weighted by Gasteiger charge is 2.32. The molecular weight excluding hydrogens is 357 g/mol. The molecule has 0 bridgehead atoms. The molecule has 10 heteroatoms. The van der Waals surface area contributed by atoms with Gasteiger partial charge in [0, 0.05) is 18.7 Å². The molecule has 3 rings (SSSR count). The van der Waals surface area contributed by atoms with Crippen LogP contribution in [0.2, 0.25) is 0 Å². The Labute approximate surface area is 154 Å². The van der Waals surface area contributed by atoms with Crippen LogP contribution in [0.5, 0.6) is 0 Å². The summed E-state index contributed by atoms with van der Waals surface area (Å²) in [7, 11) is 1.42. The number of nitrogens with zero attached hydrogens (tertiary/aromatic N) is 4. The Hall–Kier alpha value is -3.43. The molecule has 27 heavy (non-hydrogen) atoms. The van der Waals surface area contributed by atoms with Crippen molar-refractivity contribution in [1.82, 2.24) is 15.1 Å². The van der Waals surface area contributed by atoms with E-state index in [1.165, 1.54) is 48.2 Å². The highest BCUT2D eigenvalue weighted by atomic mass is 19.1. The number of amides is 2. The molecule has 2 aromatic rings. The van der Waals surface area contributed by atoms with Gasteiger partial charge in [-0.3, -0.25) is 9.69 Å². The summed E-state index contributed by atoms with van der Waals surface area (Å²) in [6.07, 6.45) is 3.48. The Bertz CT molecular complexity index is 882. The Morgan fingerprint density at radius 1 is 1.56 bits per heavy atom. The van der Waals surface area contributed by atoms with Gasteiger partial charge in [-0.15, -0.1) is 0 Å². The van der Waals surface area contributed by atoms with Crippen molar-refractivity contribution in [2.24, 2.45) is 5.16 Å². The van der Waals surface area contributed by atoms with E-state index in [1.54, 1.807) is 12.3 Å². The van der Waals surface area contributed by atoms with E-state index in [9.17, 15) is 14.0 Å². The first-order valence-corrected chi connectivity index (χ1v) is 8.11. The molecule has 0 saturated carbocycles. The van der Waals surface area contributed by atoms with Crippen LogP contribution in [-0.2, 0) is 14.4 Å². The number of hydrogen-bond acceptors (Lipinski definition) is 6. The molecule has 142 valence electrons. The summed E-state index contributed by atoms with van der Waals surface area (Å²) in [5, 5.41) is 10.3. The zero-order valence-electron chi connectivity index (χ0n) is 14.8. The van der Waals surface area contributed by atoms with Gasteiger partial charge in [0.15, 0.2) is 5.82 Å². The SMILES string of the molecule is CON=Cc1cnn(-c2ccc(N3C[C@H](CNC(C)=O)OC3=O)cc2F)c1. The fraction of sp³-hybridized carbons (Fsp3) is 0.294. The van der Waals surface area contributed by atoms with Gasteiger partial charge in [-0.1, -0.05) is 5.16 Å². The van der Waals surface area contributed by atoms with E-state index in [-0.39, 0.29) is 24.7 Å². The minimum absolute atomic E-state index is 0.206. The van der Waals surface area contributed by atoms with Crippen LogP contribution in [0.1, 0.15) is 12.5 Å². The first-order chi connectivity index (χ1) is 13.0. The summed E-state index contributed by atoms with van der Waals surface area (Å²) in [6, 6.07) is 4.36. The maximum absolute atomic E-state index is 14.6. The number of benzene rings is 1. The van der Waals surface area contributed by atoms with Crippen LogP contribution in [0.4, 0.5) is 14.9 Å². The van der Waals surface area contributed by atoms with Crippen LogP contribution in [-0.4, -0.2) is 54.3 Å². The van der Waals surface area contributed by atoms with Crippen LogP contribution >= 0.6 is 0 Å². The summed E-state index contributed by atoms with van der Waals surface area (Å²) < 4.78 is 21.1. The van der Waals surface area contributed by atoms with Gasteiger partial charge in [-0.2, -0.15) is 5.10 Å². The number of halogens is 1. The largest absolute Gasteiger partial charge is 0.442 e. The smallest absolute Gasteiger partial charge is 0.414 e. The van der Waals surface area contributed by atoms with Crippen molar-refractivity contribution in [3.8, 4) is 5.69 Å². The number of carbonyl (C=O) groups excluding carboxylic acids is 2. The lowest BCUT2D eigenvalue weighted by Crippen LogP contribution is -2.33. The molecular formula is C17H18FN5O4. The fourth-order valence-electron chi connectivity index (χ4n) is 2.59. The second-order valence-corrected chi connectivity index (χ2v) is 5.82. The average Bonchev–Trinajstić information content (AvgIpc) is 3.24. The lowest BCUT2D eigenvalue weighted by atomic mass is 10.2. The highest BCUT2D eigenvalue weighted by Crippen LogP contribution is 2.25. The second kappa shape index (κ2) is 7.85. The number of nitrogens with one attached hydrogen (secondary N) is 1. The van der Waals surface area contributed by atoms with Crippen molar-refractivity contribution < 1.29 is 23.6 Å². The Balaban J connectivity index is 1.75. The molecule has 1 aliphatic heterocycles. The van der Waals surface area contributed by atoms with Crippen molar-refractivity contribution in [3.63, 3.8) is 0 Å². The third kappa shape index (κ3) is 4.22. The fourth-order valence-corrected chi connectivity index (χ4v) is 2.59. The third-order valence-corrected chi connectivity index (χ3v) is 3.85. The van der Waals surface area contributed by atoms with Gasteiger partial charge in [0.2, 0.25) is 5.91 Å². The average molecular weight is 375 g/mol.